The monoisotopic (exact) mass is 149 g/mol. The van der Waals surface area contributed by atoms with Gasteiger partial charge in [-0.3, -0.25) is 0 Å². The van der Waals surface area contributed by atoms with Gasteiger partial charge in [0.05, 0.1) is 0 Å². The molecule has 0 atom stereocenters. The van der Waals surface area contributed by atoms with Gasteiger partial charge in [-0.15, -0.1) is 0 Å². The van der Waals surface area contributed by atoms with Gasteiger partial charge in [-0.05, 0) is 11.1 Å². The zero-order chi connectivity index (χ0) is 7.90. The van der Waals surface area contributed by atoms with Crippen LogP contribution >= 0.6 is 0 Å². The zero-order valence-corrected chi connectivity index (χ0v) is 6.25. The third-order valence-corrected chi connectivity index (χ3v) is 2.11. The summed E-state index contributed by atoms with van der Waals surface area (Å²) < 4.78 is 0. The van der Waals surface area contributed by atoms with E-state index in [4.69, 9.17) is 5.73 Å². The lowest BCUT2D eigenvalue weighted by molar-refractivity contribution is 0.0586. The van der Waals surface area contributed by atoms with Gasteiger partial charge in [-0.1, -0.05) is 24.3 Å². The van der Waals surface area contributed by atoms with Gasteiger partial charge in [-0.2, -0.15) is 0 Å². The highest BCUT2D eigenvalue weighted by Crippen LogP contribution is 2.25. The molecule has 0 saturated heterocycles. The van der Waals surface area contributed by atoms with Crippen molar-refractivity contribution in [3.8, 4) is 0 Å². The van der Waals surface area contributed by atoms with Gasteiger partial charge in [-0.25, -0.2) is 0 Å². The lowest BCUT2D eigenvalue weighted by Crippen LogP contribution is -2.39. The smallest absolute Gasteiger partial charge is 0.121 e. The molecule has 2 heteroatoms. The predicted molar refractivity (Wildman–Crippen MR) is 43.0 cm³/mol. The molecule has 3 N–H and O–H groups in total. The summed E-state index contributed by atoms with van der Waals surface area (Å²) in [7, 11) is 0. The minimum Gasteiger partial charge on any atom is -0.375 e. The summed E-state index contributed by atoms with van der Waals surface area (Å²) in [6.07, 6.45) is 1.17. The molecular formula is C9H11NO. The van der Waals surface area contributed by atoms with E-state index in [2.05, 4.69) is 0 Å². The summed E-state index contributed by atoms with van der Waals surface area (Å²) in [5.74, 6) is 0. The molecule has 58 valence electrons. The molecule has 0 fully saturated rings. The van der Waals surface area contributed by atoms with Crippen LogP contribution in [0.4, 0.5) is 0 Å². The van der Waals surface area contributed by atoms with Crippen LogP contribution in [0.3, 0.4) is 0 Å². The molecule has 0 aliphatic heterocycles. The first-order valence-corrected chi connectivity index (χ1v) is 3.75. The Bertz CT molecular complexity index is 254. The van der Waals surface area contributed by atoms with Crippen LogP contribution in [0.5, 0.6) is 0 Å². The number of nitrogens with two attached hydrogens (primary N) is 1. The number of fused-ring (bicyclic) bond motifs is 1. The molecule has 11 heavy (non-hydrogen) atoms. The van der Waals surface area contributed by atoms with E-state index in [1.807, 2.05) is 24.3 Å². The number of hydrogen-bond acceptors (Lipinski definition) is 2. The first kappa shape index (κ1) is 6.83. The molecule has 0 amide bonds. The van der Waals surface area contributed by atoms with Crippen molar-refractivity contribution in [2.45, 2.75) is 18.6 Å². The molecule has 0 spiro atoms. The van der Waals surface area contributed by atoms with Gasteiger partial charge in [0.15, 0.2) is 0 Å². The maximum atomic E-state index is 9.49. The van der Waals surface area contributed by atoms with Crippen molar-refractivity contribution in [1.82, 2.24) is 0 Å². The van der Waals surface area contributed by atoms with Crippen molar-refractivity contribution in [2.24, 2.45) is 5.73 Å². The van der Waals surface area contributed by atoms with Crippen molar-refractivity contribution >= 4 is 0 Å². The highest BCUT2D eigenvalue weighted by Gasteiger charge is 2.30. The molecule has 0 heterocycles. The summed E-state index contributed by atoms with van der Waals surface area (Å²) in [4.78, 5) is 0. The second kappa shape index (κ2) is 2.06. The second-order valence-corrected chi connectivity index (χ2v) is 3.23. The van der Waals surface area contributed by atoms with Crippen LogP contribution in [0.15, 0.2) is 24.3 Å². The summed E-state index contributed by atoms with van der Waals surface area (Å²) in [5, 5.41) is 9.49. The van der Waals surface area contributed by atoms with Crippen molar-refractivity contribution < 1.29 is 5.11 Å². The van der Waals surface area contributed by atoms with Crippen LogP contribution < -0.4 is 5.73 Å². The Morgan fingerprint density at radius 1 is 1.18 bits per heavy atom. The Labute approximate surface area is 65.7 Å². The number of benzene rings is 1. The van der Waals surface area contributed by atoms with Crippen LogP contribution in [0.2, 0.25) is 0 Å². The summed E-state index contributed by atoms with van der Waals surface area (Å²) in [6, 6.07) is 7.97. The Hall–Kier alpha value is -0.860. The summed E-state index contributed by atoms with van der Waals surface area (Å²) in [6.45, 7) is 0. The maximum Gasteiger partial charge on any atom is 0.121 e. The van der Waals surface area contributed by atoms with Gasteiger partial charge in [0.1, 0.15) is 5.72 Å². The Morgan fingerprint density at radius 2 is 1.64 bits per heavy atom. The SMILES string of the molecule is NC1(O)Cc2ccccc2C1. The van der Waals surface area contributed by atoms with Crippen molar-refractivity contribution in [1.29, 1.82) is 0 Å². The minimum atomic E-state index is -0.996. The molecule has 0 aromatic heterocycles. The van der Waals surface area contributed by atoms with E-state index in [1.54, 1.807) is 0 Å². The van der Waals surface area contributed by atoms with Crippen molar-refractivity contribution in [3.63, 3.8) is 0 Å². The summed E-state index contributed by atoms with van der Waals surface area (Å²) >= 11 is 0. The molecule has 1 aromatic rings. The van der Waals surface area contributed by atoms with Crippen molar-refractivity contribution in [2.75, 3.05) is 0 Å². The number of rotatable bonds is 0. The molecule has 0 unspecified atom stereocenters. The fraction of sp³-hybridized carbons (Fsp3) is 0.333. The van der Waals surface area contributed by atoms with Crippen LogP contribution in [-0.4, -0.2) is 10.8 Å². The molecular weight excluding hydrogens is 138 g/mol. The van der Waals surface area contributed by atoms with E-state index in [0.717, 1.165) is 0 Å². The lowest BCUT2D eigenvalue weighted by Gasteiger charge is -2.13. The third-order valence-electron chi connectivity index (χ3n) is 2.11. The van der Waals surface area contributed by atoms with E-state index in [0.29, 0.717) is 12.8 Å². The van der Waals surface area contributed by atoms with E-state index in [1.165, 1.54) is 11.1 Å². The predicted octanol–water partition coefficient (Wildman–Crippen LogP) is 0.433. The van der Waals surface area contributed by atoms with Crippen molar-refractivity contribution in [3.05, 3.63) is 35.4 Å². The fourth-order valence-electron chi connectivity index (χ4n) is 1.62. The quantitative estimate of drug-likeness (QED) is 0.525. The molecule has 0 radical (unpaired) electrons. The topological polar surface area (TPSA) is 46.2 Å². The van der Waals surface area contributed by atoms with Crippen LogP contribution in [-0.2, 0) is 12.8 Å². The Kier molecular flexibility index (Phi) is 1.28. The highest BCUT2D eigenvalue weighted by atomic mass is 16.3. The first-order chi connectivity index (χ1) is 5.17. The van der Waals surface area contributed by atoms with Gasteiger partial charge in [0, 0.05) is 12.8 Å². The average molecular weight is 149 g/mol. The molecule has 0 saturated carbocycles. The average Bonchev–Trinajstić information content (AvgIpc) is 2.21. The lowest BCUT2D eigenvalue weighted by atomic mass is 10.1. The number of aliphatic hydroxyl groups is 1. The Morgan fingerprint density at radius 3 is 2.09 bits per heavy atom. The molecule has 1 aliphatic rings. The molecule has 1 aromatic carbocycles. The summed E-state index contributed by atoms with van der Waals surface area (Å²) in [5.41, 5.74) is 6.94. The standard InChI is InChI=1S/C9H11NO/c10-9(11)5-7-3-1-2-4-8(7)6-9/h1-4,11H,5-6,10H2. The Balaban J connectivity index is 2.41. The third kappa shape index (κ3) is 1.15. The maximum absolute atomic E-state index is 9.49. The van der Waals surface area contributed by atoms with Gasteiger partial charge >= 0.3 is 0 Å². The van der Waals surface area contributed by atoms with Gasteiger partial charge in [0.25, 0.3) is 0 Å². The molecule has 1 aliphatic carbocycles. The normalized spacial score (nSPS) is 19.8. The van der Waals surface area contributed by atoms with E-state index in [-0.39, 0.29) is 0 Å². The second-order valence-electron chi connectivity index (χ2n) is 3.23. The zero-order valence-electron chi connectivity index (χ0n) is 6.25. The van der Waals surface area contributed by atoms with Crippen LogP contribution in [0.1, 0.15) is 11.1 Å². The number of hydrogen-bond donors (Lipinski definition) is 2. The van der Waals surface area contributed by atoms with E-state index < -0.39 is 5.72 Å². The minimum absolute atomic E-state index is 0.586. The van der Waals surface area contributed by atoms with Gasteiger partial charge in [0.2, 0.25) is 0 Å². The molecule has 2 rings (SSSR count). The highest BCUT2D eigenvalue weighted by molar-refractivity contribution is 5.34. The molecule has 2 nitrogen and oxygen atoms in total. The molecule has 0 bridgehead atoms. The van der Waals surface area contributed by atoms with E-state index >= 15 is 0 Å². The van der Waals surface area contributed by atoms with Gasteiger partial charge < -0.3 is 10.8 Å². The van der Waals surface area contributed by atoms with Crippen LogP contribution in [0, 0.1) is 0 Å². The van der Waals surface area contributed by atoms with E-state index in [9.17, 15) is 5.11 Å². The fourth-order valence-corrected chi connectivity index (χ4v) is 1.62. The van der Waals surface area contributed by atoms with Crippen LogP contribution in [0.25, 0.3) is 0 Å². The first-order valence-electron chi connectivity index (χ1n) is 3.75. The largest absolute Gasteiger partial charge is 0.375 e.